The largest absolute Gasteiger partial charge is 0.469 e. The van der Waals surface area contributed by atoms with E-state index in [1.807, 2.05) is 97.9 Å². The van der Waals surface area contributed by atoms with Gasteiger partial charge in [-0.2, -0.15) is 0 Å². The summed E-state index contributed by atoms with van der Waals surface area (Å²) in [4.78, 5) is 37.3. The molecule has 0 bridgehead atoms. The van der Waals surface area contributed by atoms with E-state index in [0.29, 0.717) is 0 Å². The van der Waals surface area contributed by atoms with E-state index in [1.165, 1.54) is 7.11 Å². The minimum absolute atomic E-state index is 0.00631. The molecule has 0 saturated carbocycles. The minimum Gasteiger partial charge on any atom is -0.469 e. The lowest BCUT2D eigenvalue weighted by molar-refractivity contribution is -0.143. The normalized spacial score (nSPS) is 10.7. The maximum atomic E-state index is 13.6. The van der Waals surface area contributed by atoms with Crippen LogP contribution in [0, 0.1) is 6.92 Å². The fourth-order valence-electron chi connectivity index (χ4n) is 4.40. The Kier molecular flexibility index (Phi) is 7.36. The van der Waals surface area contributed by atoms with E-state index >= 15 is 0 Å². The molecule has 1 aromatic heterocycles. The second kappa shape index (κ2) is 10.8. The molecule has 5 heteroatoms. The first kappa shape index (κ1) is 23.9. The van der Waals surface area contributed by atoms with Crippen LogP contribution in [0.1, 0.15) is 29.8 Å². The summed E-state index contributed by atoms with van der Waals surface area (Å²) in [5.41, 5.74) is 6.46. The number of aromatic nitrogens is 1. The summed E-state index contributed by atoms with van der Waals surface area (Å²) < 4.78 is 6.30. The number of rotatable bonds is 8. The highest BCUT2D eigenvalue weighted by Crippen LogP contribution is 2.44. The van der Waals surface area contributed by atoms with Crippen LogP contribution in [0.3, 0.4) is 0 Å². The zero-order valence-electron chi connectivity index (χ0n) is 19.9. The molecule has 4 rings (SSSR count). The molecular weight excluding hydrogens is 438 g/mol. The number of ether oxygens (including phenoxy) is 1. The lowest BCUT2D eigenvalue weighted by Gasteiger charge is -2.12. The number of esters is 1. The monoisotopic (exact) mass is 465 g/mol. The van der Waals surface area contributed by atoms with Crippen LogP contribution >= 0.6 is 0 Å². The smallest absolute Gasteiger partial charge is 0.313 e. The molecule has 35 heavy (non-hydrogen) atoms. The van der Waals surface area contributed by atoms with Gasteiger partial charge in [0.2, 0.25) is 5.91 Å². The van der Waals surface area contributed by atoms with Crippen molar-refractivity contribution in [3.8, 4) is 33.5 Å². The Morgan fingerprint density at radius 3 is 1.69 bits per heavy atom. The molecule has 0 spiro atoms. The molecule has 0 unspecified atom stereocenters. The predicted molar refractivity (Wildman–Crippen MR) is 137 cm³/mol. The molecule has 0 fully saturated rings. The van der Waals surface area contributed by atoms with Gasteiger partial charge in [-0.25, -0.2) is 0 Å². The molecule has 5 nitrogen and oxygen atoms in total. The zero-order valence-corrected chi connectivity index (χ0v) is 19.9. The van der Waals surface area contributed by atoms with Gasteiger partial charge in [0.25, 0.3) is 0 Å². The number of hydrogen-bond acceptors (Lipinski definition) is 4. The number of nitrogens with zero attached hydrogens (tertiary/aromatic N) is 1. The van der Waals surface area contributed by atoms with Crippen molar-refractivity contribution >= 4 is 17.7 Å². The SMILES string of the molecule is COC(=O)CC(=O)CCC(=O)n1c(C)c(-c2ccccc2)c(-c2ccccc2)c1-c1ccccc1. The molecule has 176 valence electrons. The Labute approximate surface area is 205 Å². The lowest BCUT2D eigenvalue weighted by Crippen LogP contribution is -2.17. The van der Waals surface area contributed by atoms with Gasteiger partial charge in [0.15, 0.2) is 0 Å². The van der Waals surface area contributed by atoms with Crippen LogP contribution in [0.25, 0.3) is 33.5 Å². The van der Waals surface area contributed by atoms with Gasteiger partial charge in [-0.15, -0.1) is 0 Å². The first-order valence-electron chi connectivity index (χ1n) is 11.5. The van der Waals surface area contributed by atoms with E-state index < -0.39 is 5.97 Å². The Balaban J connectivity index is 1.89. The molecule has 1 heterocycles. The van der Waals surface area contributed by atoms with Gasteiger partial charge >= 0.3 is 5.97 Å². The average Bonchev–Trinajstić information content (AvgIpc) is 3.21. The second-order valence-electron chi connectivity index (χ2n) is 8.30. The van der Waals surface area contributed by atoms with Crippen LogP contribution in [0.5, 0.6) is 0 Å². The van der Waals surface area contributed by atoms with Crippen molar-refractivity contribution in [1.29, 1.82) is 0 Å². The third kappa shape index (κ3) is 5.14. The number of carbonyl (C=O) groups is 3. The van der Waals surface area contributed by atoms with Gasteiger partial charge in [0.05, 0.1) is 12.8 Å². The summed E-state index contributed by atoms with van der Waals surface area (Å²) in [6, 6.07) is 29.9. The molecule has 0 atom stereocenters. The van der Waals surface area contributed by atoms with Gasteiger partial charge in [-0.3, -0.25) is 19.0 Å². The van der Waals surface area contributed by atoms with Crippen molar-refractivity contribution in [2.45, 2.75) is 26.2 Å². The number of Topliss-reactive ketones (excluding diaryl/α,β-unsaturated/α-hetero) is 1. The van der Waals surface area contributed by atoms with Gasteiger partial charge in [-0.1, -0.05) is 91.0 Å². The number of benzene rings is 3. The maximum Gasteiger partial charge on any atom is 0.313 e. The van der Waals surface area contributed by atoms with Crippen LogP contribution in [-0.4, -0.2) is 29.3 Å². The molecule has 0 aliphatic rings. The number of methoxy groups -OCH3 is 1. The zero-order chi connectivity index (χ0) is 24.8. The molecule has 3 aromatic carbocycles. The first-order chi connectivity index (χ1) is 17.0. The average molecular weight is 466 g/mol. The maximum absolute atomic E-state index is 13.6. The van der Waals surface area contributed by atoms with E-state index in [-0.39, 0.29) is 31.0 Å². The van der Waals surface area contributed by atoms with Gasteiger partial charge in [0, 0.05) is 29.7 Å². The Morgan fingerprint density at radius 1 is 0.686 bits per heavy atom. The second-order valence-corrected chi connectivity index (χ2v) is 8.30. The molecule has 0 radical (unpaired) electrons. The Hall–Kier alpha value is -4.25. The van der Waals surface area contributed by atoms with Crippen LogP contribution in [0.15, 0.2) is 91.0 Å². The van der Waals surface area contributed by atoms with Gasteiger partial charge in [-0.05, 0) is 23.6 Å². The molecule has 0 aliphatic heterocycles. The Morgan fingerprint density at radius 2 is 1.17 bits per heavy atom. The predicted octanol–water partition coefficient (Wildman–Crippen LogP) is 6.35. The van der Waals surface area contributed by atoms with Crippen molar-refractivity contribution < 1.29 is 19.1 Å². The quantitative estimate of drug-likeness (QED) is 0.225. The standard InChI is InChI=1S/C30H27NO4/c1-21-28(22-12-6-3-7-13-22)29(23-14-8-4-9-15-23)30(24-16-10-5-11-17-24)31(21)26(33)19-18-25(32)20-27(34)35-2/h3-17H,18-20H2,1-2H3. The fraction of sp³-hybridized carbons (Fsp3) is 0.167. The van der Waals surface area contributed by atoms with Crippen LogP contribution in [0.2, 0.25) is 0 Å². The number of hydrogen-bond donors (Lipinski definition) is 0. The summed E-state index contributed by atoms with van der Waals surface area (Å²) in [5, 5.41) is 0. The first-order valence-corrected chi connectivity index (χ1v) is 11.5. The van der Waals surface area contributed by atoms with E-state index in [2.05, 4.69) is 4.74 Å². The van der Waals surface area contributed by atoms with E-state index in [4.69, 9.17) is 0 Å². The highest BCUT2D eigenvalue weighted by atomic mass is 16.5. The minimum atomic E-state index is -0.595. The fourth-order valence-corrected chi connectivity index (χ4v) is 4.40. The van der Waals surface area contributed by atoms with E-state index in [1.54, 1.807) is 4.57 Å². The summed E-state index contributed by atoms with van der Waals surface area (Å²) in [6.45, 7) is 1.94. The molecule has 0 N–H and O–H groups in total. The molecule has 0 amide bonds. The summed E-state index contributed by atoms with van der Waals surface area (Å²) >= 11 is 0. The third-order valence-electron chi connectivity index (χ3n) is 6.02. The molecule has 0 aliphatic carbocycles. The molecular formula is C30H27NO4. The van der Waals surface area contributed by atoms with Crippen LogP contribution in [-0.2, 0) is 14.3 Å². The lowest BCUT2D eigenvalue weighted by atomic mass is 9.93. The van der Waals surface area contributed by atoms with Crippen molar-refractivity contribution in [3.05, 3.63) is 96.7 Å². The van der Waals surface area contributed by atoms with Crippen LogP contribution in [0.4, 0.5) is 0 Å². The molecule has 4 aromatic rings. The Bertz CT molecular complexity index is 1340. The van der Waals surface area contributed by atoms with Crippen molar-refractivity contribution in [2.75, 3.05) is 7.11 Å². The third-order valence-corrected chi connectivity index (χ3v) is 6.02. The van der Waals surface area contributed by atoms with Crippen molar-refractivity contribution in [1.82, 2.24) is 4.57 Å². The van der Waals surface area contributed by atoms with Crippen molar-refractivity contribution in [3.63, 3.8) is 0 Å². The topological polar surface area (TPSA) is 65.4 Å². The van der Waals surface area contributed by atoms with Gasteiger partial charge in [0.1, 0.15) is 12.2 Å². The summed E-state index contributed by atoms with van der Waals surface area (Å²) in [5.74, 6) is -1.11. The number of ketones is 1. The van der Waals surface area contributed by atoms with E-state index in [0.717, 1.165) is 39.2 Å². The number of carbonyl (C=O) groups excluding carboxylic acids is 3. The highest BCUT2D eigenvalue weighted by molar-refractivity contribution is 6.02. The highest BCUT2D eigenvalue weighted by Gasteiger charge is 2.27. The van der Waals surface area contributed by atoms with E-state index in [9.17, 15) is 14.4 Å². The van der Waals surface area contributed by atoms with Gasteiger partial charge < -0.3 is 4.74 Å². The molecule has 0 saturated heterocycles. The van der Waals surface area contributed by atoms with Crippen LogP contribution < -0.4 is 0 Å². The van der Waals surface area contributed by atoms with Crippen molar-refractivity contribution in [2.24, 2.45) is 0 Å². The summed E-state index contributed by atoms with van der Waals surface area (Å²) in [7, 11) is 1.24. The summed E-state index contributed by atoms with van der Waals surface area (Å²) in [6.07, 6.45) is -0.362.